The molecule has 2 fully saturated rings. The van der Waals surface area contributed by atoms with Gasteiger partial charge in [-0.15, -0.1) is 0 Å². The van der Waals surface area contributed by atoms with Gasteiger partial charge in [-0.3, -0.25) is 4.79 Å². The van der Waals surface area contributed by atoms with Gasteiger partial charge in [0, 0.05) is 11.1 Å². The summed E-state index contributed by atoms with van der Waals surface area (Å²) in [5.74, 6) is 0.570. The average molecular weight is 416 g/mol. The van der Waals surface area contributed by atoms with Gasteiger partial charge in [0.2, 0.25) is 0 Å². The number of ketones is 1. The molecule has 2 heterocycles. The molecule has 158 valence electrons. The smallest absolute Gasteiger partial charge is 0.534 e. The van der Waals surface area contributed by atoms with Crippen LogP contribution in [0.25, 0.3) is 11.1 Å². The molecule has 31 heavy (non-hydrogen) atoms. The number of hydrogen-bond donors (Lipinski definition) is 0. The van der Waals surface area contributed by atoms with Crippen molar-refractivity contribution in [1.29, 1.82) is 0 Å². The van der Waals surface area contributed by atoms with Crippen molar-refractivity contribution in [2.24, 2.45) is 0 Å². The Morgan fingerprint density at radius 3 is 1.65 bits per heavy atom. The van der Waals surface area contributed by atoms with Gasteiger partial charge in [-0.1, -0.05) is 36.9 Å². The highest BCUT2D eigenvalue weighted by molar-refractivity contribution is 6.63. The van der Waals surface area contributed by atoms with Crippen LogP contribution in [-0.4, -0.2) is 36.8 Å². The summed E-state index contributed by atoms with van der Waals surface area (Å²) in [5, 5.41) is 0. The molecule has 2 saturated heterocycles. The molecule has 7 heteroatoms. The van der Waals surface area contributed by atoms with E-state index in [9.17, 15) is 4.79 Å². The molecular formula is C24H26B2O5. The highest BCUT2D eigenvalue weighted by Gasteiger charge is 2.52. The molecule has 2 aliphatic heterocycles. The lowest BCUT2D eigenvalue weighted by Crippen LogP contribution is -2.41. The summed E-state index contributed by atoms with van der Waals surface area (Å²) in [5.41, 5.74) is 3.38. The monoisotopic (exact) mass is 416 g/mol. The van der Waals surface area contributed by atoms with Crippen LogP contribution in [0.4, 0.5) is 0 Å². The zero-order chi connectivity index (χ0) is 22.3. The minimum atomic E-state index is -0.565. The van der Waals surface area contributed by atoms with E-state index in [1.54, 1.807) is 0 Å². The van der Waals surface area contributed by atoms with Gasteiger partial charge in [0.1, 0.15) is 5.60 Å². The summed E-state index contributed by atoms with van der Waals surface area (Å²) in [4.78, 5) is 13.3. The predicted molar refractivity (Wildman–Crippen MR) is 122 cm³/mol. The van der Waals surface area contributed by atoms with E-state index >= 15 is 0 Å². The van der Waals surface area contributed by atoms with Crippen LogP contribution in [0.5, 0.6) is 0 Å². The maximum atomic E-state index is 13.3. The Labute approximate surface area is 184 Å². The summed E-state index contributed by atoms with van der Waals surface area (Å²) >= 11 is 0. The lowest BCUT2D eigenvalue weighted by molar-refractivity contribution is 0.00578. The quantitative estimate of drug-likeness (QED) is 0.601. The summed E-state index contributed by atoms with van der Waals surface area (Å²) in [6, 6.07) is 11.6. The van der Waals surface area contributed by atoms with E-state index in [0.717, 1.165) is 22.1 Å². The van der Waals surface area contributed by atoms with Gasteiger partial charge in [-0.2, -0.15) is 0 Å². The first-order valence-electron chi connectivity index (χ1n) is 10.6. The number of benzene rings is 2. The van der Waals surface area contributed by atoms with Crippen molar-refractivity contribution >= 4 is 30.9 Å². The molecule has 0 saturated carbocycles. The summed E-state index contributed by atoms with van der Waals surface area (Å²) in [6.45, 7) is 15.8. The molecule has 0 amide bonds. The summed E-state index contributed by atoms with van der Waals surface area (Å²) < 4.78 is 24.1. The topological polar surface area (TPSA) is 54.0 Å². The fourth-order valence-corrected chi connectivity index (χ4v) is 4.15. The Bertz CT molecular complexity index is 1120. The minimum absolute atomic E-state index is 0.0127. The Hall–Kier alpha value is -2.34. The fraction of sp³-hybridized carbons (Fsp3) is 0.375. The number of fused-ring (bicyclic) bond motifs is 3. The van der Waals surface area contributed by atoms with Gasteiger partial charge in [0.15, 0.2) is 5.78 Å². The number of carbonyl (C=O) groups is 1. The molecule has 2 aromatic rings. The van der Waals surface area contributed by atoms with Crippen molar-refractivity contribution < 1.29 is 23.4 Å². The average Bonchev–Trinajstić information content (AvgIpc) is 3.22. The third-order valence-corrected chi connectivity index (χ3v) is 6.99. The molecule has 5 nitrogen and oxygen atoms in total. The van der Waals surface area contributed by atoms with Crippen LogP contribution in [0.15, 0.2) is 48.7 Å². The lowest BCUT2D eigenvalue weighted by Gasteiger charge is -2.32. The van der Waals surface area contributed by atoms with Gasteiger partial charge in [0.25, 0.3) is 0 Å². The standard InChI is InChI=1S/C24H26B2O5/c1-14-22(2,3)29-25(28-14)15-8-10-17-18-11-9-16(13-20(18)21(27)19(17)12-15)26-30-23(4,5)24(6,7)31-26/h8-13H,1H2,2-7H3. The van der Waals surface area contributed by atoms with Gasteiger partial charge in [-0.25, -0.2) is 0 Å². The van der Waals surface area contributed by atoms with Crippen LogP contribution in [0.3, 0.4) is 0 Å². The van der Waals surface area contributed by atoms with E-state index in [0.29, 0.717) is 16.9 Å². The number of carbonyl (C=O) groups excluding carboxylic acids is 1. The Balaban J connectivity index is 1.46. The van der Waals surface area contributed by atoms with E-state index in [-0.39, 0.29) is 5.78 Å². The van der Waals surface area contributed by atoms with Gasteiger partial charge >= 0.3 is 14.2 Å². The maximum Gasteiger partial charge on any atom is 0.563 e. The number of rotatable bonds is 2. The fourth-order valence-electron chi connectivity index (χ4n) is 4.15. The zero-order valence-electron chi connectivity index (χ0n) is 18.9. The molecule has 0 radical (unpaired) electrons. The predicted octanol–water partition coefficient (Wildman–Crippen LogP) is 3.23. The third-order valence-electron chi connectivity index (χ3n) is 6.99. The van der Waals surface area contributed by atoms with Crippen molar-refractivity contribution in [3.8, 4) is 11.1 Å². The minimum Gasteiger partial charge on any atom is -0.534 e. The highest BCUT2D eigenvalue weighted by Crippen LogP contribution is 2.39. The molecule has 0 N–H and O–H groups in total. The second-order valence-corrected chi connectivity index (χ2v) is 10.0. The van der Waals surface area contributed by atoms with Crippen LogP contribution >= 0.6 is 0 Å². The van der Waals surface area contributed by atoms with E-state index in [1.807, 2.05) is 77.9 Å². The molecule has 0 atom stereocenters. The second-order valence-electron chi connectivity index (χ2n) is 10.0. The summed E-state index contributed by atoms with van der Waals surface area (Å²) in [6.07, 6.45) is 0. The lowest BCUT2D eigenvalue weighted by atomic mass is 9.77. The Kier molecular flexibility index (Phi) is 4.21. The van der Waals surface area contributed by atoms with E-state index in [2.05, 4.69) is 6.58 Å². The van der Waals surface area contributed by atoms with Crippen LogP contribution in [0.2, 0.25) is 0 Å². The van der Waals surface area contributed by atoms with Gasteiger partial charge in [0.05, 0.1) is 17.0 Å². The van der Waals surface area contributed by atoms with Gasteiger partial charge < -0.3 is 18.6 Å². The first-order valence-corrected chi connectivity index (χ1v) is 10.6. The Morgan fingerprint density at radius 2 is 1.19 bits per heavy atom. The normalized spacial score (nSPS) is 22.5. The van der Waals surface area contributed by atoms with Crippen molar-refractivity contribution in [2.45, 2.75) is 58.3 Å². The summed E-state index contributed by atoms with van der Waals surface area (Å²) in [7, 11) is -1.07. The van der Waals surface area contributed by atoms with Crippen molar-refractivity contribution in [3.63, 3.8) is 0 Å². The third kappa shape index (κ3) is 3.02. The Morgan fingerprint density at radius 1 is 0.710 bits per heavy atom. The molecule has 3 aliphatic rings. The molecule has 0 spiro atoms. The van der Waals surface area contributed by atoms with Crippen LogP contribution in [0.1, 0.15) is 57.5 Å². The molecule has 0 aromatic heterocycles. The first kappa shape index (κ1) is 20.6. The van der Waals surface area contributed by atoms with E-state index in [1.165, 1.54) is 0 Å². The largest absolute Gasteiger partial charge is 0.563 e. The van der Waals surface area contributed by atoms with E-state index < -0.39 is 31.0 Å². The van der Waals surface area contributed by atoms with Crippen molar-refractivity contribution in [2.75, 3.05) is 0 Å². The molecule has 5 rings (SSSR count). The first-order chi connectivity index (χ1) is 14.4. The van der Waals surface area contributed by atoms with Gasteiger partial charge in [-0.05, 0) is 69.7 Å². The van der Waals surface area contributed by atoms with Crippen molar-refractivity contribution in [3.05, 3.63) is 59.9 Å². The van der Waals surface area contributed by atoms with Crippen molar-refractivity contribution in [1.82, 2.24) is 0 Å². The highest BCUT2D eigenvalue weighted by atomic mass is 16.7. The zero-order valence-corrected chi connectivity index (χ0v) is 18.9. The molecule has 2 aromatic carbocycles. The molecule has 0 bridgehead atoms. The van der Waals surface area contributed by atoms with Crippen LogP contribution in [-0.2, 0) is 18.6 Å². The maximum absolute atomic E-state index is 13.3. The van der Waals surface area contributed by atoms with E-state index in [4.69, 9.17) is 18.6 Å². The van der Waals surface area contributed by atoms with Crippen LogP contribution < -0.4 is 10.9 Å². The molecular weight excluding hydrogens is 390 g/mol. The van der Waals surface area contributed by atoms with Crippen LogP contribution in [0, 0.1) is 0 Å². The molecule has 1 aliphatic carbocycles. The SMILES string of the molecule is C=C1OB(c2ccc3c(c2)C(=O)c2cc(B4OC(C)(C)C(C)(C)O4)ccc2-3)OC1(C)C. The second kappa shape index (κ2) is 6.35. The number of hydrogen-bond acceptors (Lipinski definition) is 5. The molecule has 0 unspecified atom stereocenters.